The van der Waals surface area contributed by atoms with Crippen LogP contribution < -0.4 is 5.32 Å². The van der Waals surface area contributed by atoms with Crippen LogP contribution in [0.5, 0.6) is 0 Å². The van der Waals surface area contributed by atoms with Gasteiger partial charge in [0.2, 0.25) is 11.8 Å². The number of nitrogens with zero attached hydrogens (tertiary/aromatic N) is 1. The molecule has 0 atom stereocenters. The Labute approximate surface area is 200 Å². The summed E-state index contributed by atoms with van der Waals surface area (Å²) < 4.78 is 13.7. The van der Waals surface area contributed by atoms with Crippen LogP contribution in [-0.4, -0.2) is 36.3 Å². The molecule has 1 heterocycles. The maximum Gasteiger partial charge on any atom is 0.223 e. The maximum atomic E-state index is 13.7. The predicted molar refractivity (Wildman–Crippen MR) is 132 cm³/mol. The molecule has 5 heteroatoms. The summed E-state index contributed by atoms with van der Waals surface area (Å²) in [4.78, 5) is 27.7. The molecule has 0 saturated carbocycles. The van der Waals surface area contributed by atoms with Crippen molar-refractivity contribution in [1.29, 1.82) is 0 Å². The molecule has 1 N–H and O–H groups in total. The number of hydrogen-bond donors (Lipinski definition) is 1. The zero-order valence-corrected chi connectivity index (χ0v) is 19.3. The Bertz CT molecular complexity index is 1040. The summed E-state index contributed by atoms with van der Waals surface area (Å²) in [7, 11) is 0. The van der Waals surface area contributed by atoms with Gasteiger partial charge in [0, 0.05) is 37.9 Å². The van der Waals surface area contributed by atoms with Gasteiger partial charge in [-0.3, -0.25) is 9.59 Å². The summed E-state index contributed by atoms with van der Waals surface area (Å²) in [5.74, 6) is -0.225. The summed E-state index contributed by atoms with van der Waals surface area (Å²) in [6.45, 7) is 1.58. The van der Waals surface area contributed by atoms with Crippen molar-refractivity contribution in [2.45, 2.75) is 31.6 Å². The van der Waals surface area contributed by atoms with Crippen molar-refractivity contribution >= 4 is 11.8 Å². The van der Waals surface area contributed by atoms with Gasteiger partial charge < -0.3 is 10.2 Å². The number of benzene rings is 3. The van der Waals surface area contributed by atoms with Crippen LogP contribution in [-0.2, 0) is 16.0 Å². The van der Waals surface area contributed by atoms with Crippen molar-refractivity contribution in [3.8, 4) is 0 Å². The Balaban J connectivity index is 1.28. The molecule has 4 nitrogen and oxygen atoms in total. The van der Waals surface area contributed by atoms with Crippen LogP contribution in [0, 0.1) is 11.7 Å². The Morgan fingerprint density at radius 3 is 2.00 bits per heavy atom. The molecular weight excluding hydrogens is 427 g/mol. The number of carbonyl (C=O) groups is 2. The van der Waals surface area contributed by atoms with Crippen LogP contribution in [0.15, 0.2) is 84.9 Å². The van der Waals surface area contributed by atoms with Crippen molar-refractivity contribution in [3.05, 3.63) is 107 Å². The van der Waals surface area contributed by atoms with E-state index in [0.29, 0.717) is 50.9 Å². The van der Waals surface area contributed by atoms with Crippen LogP contribution in [0.25, 0.3) is 0 Å². The molecule has 3 aromatic rings. The van der Waals surface area contributed by atoms with Gasteiger partial charge in [-0.25, -0.2) is 4.39 Å². The zero-order valence-electron chi connectivity index (χ0n) is 19.3. The van der Waals surface area contributed by atoms with E-state index >= 15 is 0 Å². The summed E-state index contributed by atoms with van der Waals surface area (Å²) >= 11 is 0. The van der Waals surface area contributed by atoms with E-state index in [1.807, 2.05) is 41.3 Å². The van der Waals surface area contributed by atoms with Gasteiger partial charge in [-0.05, 0) is 42.0 Å². The third-order valence-electron chi connectivity index (χ3n) is 6.65. The van der Waals surface area contributed by atoms with Crippen molar-refractivity contribution in [2.75, 3.05) is 19.6 Å². The van der Waals surface area contributed by atoms with Gasteiger partial charge in [-0.1, -0.05) is 78.9 Å². The highest BCUT2D eigenvalue weighted by Gasteiger charge is 2.29. The normalized spacial score (nSPS) is 14.2. The fraction of sp³-hybridized carbons (Fsp3) is 0.310. The topological polar surface area (TPSA) is 49.4 Å². The van der Waals surface area contributed by atoms with Gasteiger partial charge in [-0.15, -0.1) is 0 Å². The molecule has 34 heavy (non-hydrogen) atoms. The van der Waals surface area contributed by atoms with Crippen molar-refractivity contribution in [2.24, 2.45) is 5.92 Å². The number of hydrogen-bond acceptors (Lipinski definition) is 2. The van der Waals surface area contributed by atoms with E-state index in [2.05, 4.69) is 29.6 Å². The molecule has 4 rings (SSSR count). The van der Waals surface area contributed by atoms with Crippen LogP contribution in [0.2, 0.25) is 0 Å². The average molecular weight is 459 g/mol. The lowest BCUT2D eigenvalue weighted by molar-refractivity contribution is -0.135. The Kier molecular flexibility index (Phi) is 8.08. The SMILES string of the molecule is O=C(NCCc1ccccc1F)C1CCN(C(=O)CC(c2ccccc2)c2ccccc2)CC1. The summed E-state index contributed by atoms with van der Waals surface area (Å²) in [5, 5.41) is 2.94. The van der Waals surface area contributed by atoms with Crippen LogP contribution in [0.1, 0.15) is 41.9 Å². The lowest BCUT2D eigenvalue weighted by Gasteiger charge is -2.32. The second-order valence-corrected chi connectivity index (χ2v) is 8.87. The minimum absolute atomic E-state index is 0.00474. The van der Waals surface area contributed by atoms with Gasteiger partial charge in [0.1, 0.15) is 5.82 Å². The maximum absolute atomic E-state index is 13.7. The van der Waals surface area contributed by atoms with Crippen molar-refractivity contribution in [1.82, 2.24) is 10.2 Å². The van der Waals surface area contributed by atoms with Crippen molar-refractivity contribution < 1.29 is 14.0 Å². The Morgan fingerprint density at radius 1 is 0.853 bits per heavy atom. The van der Waals surface area contributed by atoms with E-state index in [9.17, 15) is 14.0 Å². The standard InChI is InChI=1S/C29H31FN2O2/c30-27-14-8-7-13-24(27)15-18-31-29(34)25-16-19-32(20-17-25)28(33)21-26(22-9-3-1-4-10-22)23-11-5-2-6-12-23/h1-14,25-26H,15-21H2,(H,31,34). The van der Waals surface area contributed by atoms with E-state index < -0.39 is 0 Å². The number of nitrogens with one attached hydrogen (secondary N) is 1. The summed E-state index contributed by atoms with van der Waals surface area (Å²) in [6.07, 6.45) is 2.18. The first-order chi connectivity index (χ1) is 16.6. The molecule has 1 fully saturated rings. The molecule has 0 unspecified atom stereocenters. The highest BCUT2D eigenvalue weighted by Crippen LogP contribution is 2.29. The number of rotatable bonds is 8. The molecule has 1 aliphatic rings. The number of amides is 2. The second kappa shape index (κ2) is 11.6. The van der Waals surface area contributed by atoms with Crippen LogP contribution in [0.4, 0.5) is 4.39 Å². The lowest BCUT2D eigenvalue weighted by atomic mass is 9.87. The second-order valence-electron chi connectivity index (χ2n) is 8.87. The van der Waals surface area contributed by atoms with Gasteiger partial charge in [0.15, 0.2) is 0 Å². The third-order valence-corrected chi connectivity index (χ3v) is 6.65. The molecule has 1 aliphatic heterocycles. The Hall–Kier alpha value is -3.47. The minimum atomic E-state index is -0.243. The molecule has 0 spiro atoms. The largest absolute Gasteiger partial charge is 0.356 e. The molecule has 0 aliphatic carbocycles. The number of piperidine rings is 1. The fourth-order valence-electron chi connectivity index (χ4n) is 4.66. The first kappa shape index (κ1) is 23.7. The van der Waals surface area contributed by atoms with Gasteiger partial charge in [0.25, 0.3) is 0 Å². The highest BCUT2D eigenvalue weighted by molar-refractivity contribution is 5.80. The molecule has 2 amide bonds. The van der Waals surface area contributed by atoms with Gasteiger partial charge in [-0.2, -0.15) is 0 Å². The van der Waals surface area contributed by atoms with Crippen LogP contribution in [0.3, 0.4) is 0 Å². The third kappa shape index (κ3) is 6.10. The monoisotopic (exact) mass is 458 g/mol. The Morgan fingerprint density at radius 2 is 1.41 bits per heavy atom. The number of halogens is 1. The summed E-state index contributed by atoms with van der Waals surface area (Å²) in [6, 6.07) is 26.9. The quantitative estimate of drug-likeness (QED) is 0.520. The molecule has 0 bridgehead atoms. The predicted octanol–water partition coefficient (Wildman–Crippen LogP) is 4.95. The van der Waals surface area contributed by atoms with E-state index in [0.717, 1.165) is 11.1 Å². The first-order valence-corrected chi connectivity index (χ1v) is 12.0. The fourth-order valence-corrected chi connectivity index (χ4v) is 4.66. The minimum Gasteiger partial charge on any atom is -0.356 e. The number of likely N-dealkylation sites (tertiary alicyclic amines) is 1. The van der Waals surface area contributed by atoms with E-state index in [1.165, 1.54) is 6.07 Å². The molecule has 0 radical (unpaired) electrons. The summed E-state index contributed by atoms with van der Waals surface area (Å²) in [5.41, 5.74) is 2.87. The van der Waals surface area contributed by atoms with Crippen LogP contribution >= 0.6 is 0 Å². The average Bonchev–Trinajstić information content (AvgIpc) is 2.89. The van der Waals surface area contributed by atoms with Gasteiger partial charge >= 0.3 is 0 Å². The first-order valence-electron chi connectivity index (χ1n) is 12.0. The van der Waals surface area contributed by atoms with E-state index in [1.54, 1.807) is 18.2 Å². The van der Waals surface area contributed by atoms with Crippen molar-refractivity contribution in [3.63, 3.8) is 0 Å². The lowest BCUT2D eigenvalue weighted by Crippen LogP contribution is -2.43. The molecule has 0 aromatic heterocycles. The van der Waals surface area contributed by atoms with E-state index in [-0.39, 0.29) is 29.5 Å². The molecule has 1 saturated heterocycles. The molecule has 3 aromatic carbocycles. The van der Waals surface area contributed by atoms with E-state index in [4.69, 9.17) is 0 Å². The zero-order chi connectivity index (χ0) is 23.8. The smallest absolute Gasteiger partial charge is 0.223 e. The molecular formula is C29H31FN2O2. The number of carbonyl (C=O) groups excluding carboxylic acids is 2. The molecule has 176 valence electrons. The highest BCUT2D eigenvalue weighted by atomic mass is 19.1. The van der Waals surface area contributed by atoms with Gasteiger partial charge in [0.05, 0.1) is 0 Å².